The zero-order valence-corrected chi connectivity index (χ0v) is 13.3. The van der Waals surface area contributed by atoms with E-state index >= 15 is 0 Å². The molecule has 0 unspecified atom stereocenters. The topological polar surface area (TPSA) is 105 Å². The molecule has 0 bridgehead atoms. The van der Waals surface area contributed by atoms with E-state index in [1.54, 1.807) is 6.07 Å². The Hall–Kier alpha value is -2.69. The molecule has 1 aromatic rings. The van der Waals surface area contributed by atoms with E-state index < -0.39 is 16.4 Å². The van der Waals surface area contributed by atoms with Gasteiger partial charge in [0.25, 0.3) is 5.69 Å². The Morgan fingerprint density at radius 1 is 1.46 bits per heavy atom. The Labute approximate surface area is 138 Å². The molecule has 0 spiro atoms. The number of ether oxygens (including phenoxy) is 1. The van der Waals surface area contributed by atoms with Gasteiger partial charge in [-0.2, -0.15) is 5.26 Å². The zero-order chi connectivity index (χ0) is 17.7. The zero-order valence-electron chi connectivity index (χ0n) is 13.3. The van der Waals surface area contributed by atoms with E-state index in [4.69, 9.17) is 10.00 Å². The van der Waals surface area contributed by atoms with Gasteiger partial charge >= 0.3 is 5.97 Å². The average Bonchev–Trinajstić information content (AvgIpc) is 2.60. The number of nitro benzene ring substituents is 1. The molecule has 0 saturated heterocycles. The molecule has 1 fully saturated rings. The lowest BCUT2D eigenvalue weighted by Gasteiger charge is -2.27. The minimum absolute atomic E-state index is 0.0865. The van der Waals surface area contributed by atoms with Gasteiger partial charge in [-0.3, -0.25) is 14.9 Å². The molecular formula is C16H18FN3O4. The number of nitrogens with zero attached hydrogens (tertiary/aromatic N) is 2. The first kappa shape index (κ1) is 17.7. The van der Waals surface area contributed by atoms with E-state index in [0.29, 0.717) is 19.4 Å². The second kappa shape index (κ2) is 7.73. The largest absolute Gasteiger partial charge is 0.469 e. The molecule has 24 heavy (non-hydrogen) atoms. The van der Waals surface area contributed by atoms with Crippen LogP contribution in [0.3, 0.4) is 0 Å². The van der Waals surface area contributed by atoms with Crippen molar-refractivity contribution in [3.63, 3.8) is 0 Å². The highest BCUT2D eigenvalue weighted by Crippen LogP contribution is 2.32. The van der Waals surface area contributed by atoms with Crippen molar-refractivity contribution in [2.75, 3.05) is 19.0 Å². The van der Waals surface area contributed by atoms with E-state index in [1.165, 1.54) is 7.11 Å². The van der Waals surface area contributed by atoms with Gasteiger partial charge < -0.3 is 10.1 Å². The average molecular weight is 335 g/mol. The minimum atomic E-state index is -0.909. The molecule has 1 aliphatic carbocycles. The second-order valence-electron chi connectivity index (χ2n) is 5.84. The van der Waals surface area contributed by atoms with E-state index in [2.05, 4.69) is 5.32 Å². The van der Waals surface area contributed by atoms with Crippen LogP contribution < -0.4 is 5.32 Å². The van der Waals surface area contributed by atoms with E-state index in [0.717, 1.165) is 25.0 Å². The smallest absolute Gasteiger partial charge is 0.308 e. The number of benzene rings is 1. The second-order valence-corrected chi connectivity index (χ2v) is 5.84. The summed E-state index contributed by atoms with van der Waals surface area (Å²) in [6.45, 7) is 0.464. The summed E-state index contributed by atoms with van der Waals surface area (Å²) < 4.78 is 18.3. The van der Waals surface area contributed by atoms with Crippen LogP contribution in [0.2, 0.25) is 0 Å². The van der Waals surface area contributed by atoms with Gasteiger partial charge in [-0.1, -0.05) is 0 Å². The van der Waals surface area contributed by atoms with Crippen molar-refractivity contribution in [2.45, 2.75) is 25.7 Å². The van der Waals surface area contributed by atoms with Crippen LogP contribution in [0.15, 0.2) is 12.1 Å². The number of methoxy groups -OCH3 is 1. The summed E-state index contributed by atoms with van der Waals surface area (Å²) in [5.74, 6) is -0.944. The number of nitrogens with one attached hydrogen (secondary N) is 1. The maximum absolute atomic E-state index is 13.5. The standard InChI is InChI=1S/C16H18FN3O4/c1-24-16(21)11-4-2-10(3-5-11)9-19-14-6-12(8-18)13(17)7-15(14)20(22)23/h6-7,10-11,19H,2-5,9H2,1H3/t10-,11-. The van der Waals surface area contributed by atoms with Gasteiger partial charge in [-0.15, -0.1) is 0 Å². The molecule has 8 heteroatoms. The SMILES string of the molecule is COC(=O)[C@H]1CC[C@H](CNc2cc(C#N)c(F)cc2[N+](=O)[O-])CC1. The molecular weight excluding hydrogens is 317 g/mol. The highest BCUT2D eigenvalue weighted by Gasteiger charge is 2.27. The molecule has 0 amide bonds. The number of rotatable bonds is 5. The van der Waals surface area contributed by atoms with Gasteiger partial charge in [0.1, 0.15) is 17.6 Å². The monoisotopic (exact) mass is 335 g/mol. The number of nitro groups is 1. The Kier molecular flexibility index (Phi) is 5.68. The van der Waals surface area contributed by atoms with Crippen LogP contribution >= 0.6 is 0 Å². The highest BCUT2D eigenvalue weighted by atomic mass is 19.1. The van der Waals surface area contributed by atoms with Gasteiger partial charge in [0.2, 0.25) is 0 Å². The van der Waals surface area contributed by atoms with E-state index in [9.17, 15) is 19.3 Å². The number of hydrogen-bond donors (Lipinski definition) is 1. The molecule has 1 aromatic carbocycles. The Morgan fingerprint density at radius 2 is 2.12 bits per heavy atom. The van der Waals surface area contributed by atoms with Crippen LogP contribution in [0, 0.1) is 39.1 Å². The molecule has 0 atom stereocenters. The van der Waals surface area contributed by atoms with Crippen LogP contribution in [0.5, 0.6) is 0 Å². The number of esters is 1. The van der Waals surface area contributed by atoms with Crippen LogP contribution in [0.4, 0.5) is 15.8 Å². The van der Waals surface area contributed by atoms with Crippen molar-refractivity contribution >= 4 is 17.3 Å². The highest BCUT2D eigenvalue weighted by molar-refractivity contribution is 5.72. The summed E-state index contributed by atoms with van der Waals surface area (Å²) in [7, 11) is 1.37. The fourth-order valence-corrected chi connectivity index (χ4v) is 2.96. The van der Waals surface area contributed by atoms with Crippen molar-refractivity contribution in [3.8, 4) is 6.07 Å². The molecule has 7 nitrogen and oxygen atoms in total. The summed E-state index contributed by atoms with van der Waals surface area (Å²) in [6, 6.07) is 3.59. The molecule has 2 rings (SSSR count). The third-order valence-electron chi connectivity index (χ3n) is 4.36. The molecule has 1 N–H and O–H groups in total. The number of carbonyl (C=O) groups excluding carboxylic acids is 1. The van der Waals surface area contributed by atoms with Crippen molar-refractivity contribution < 1.29 is 18.8 Å². The van der Waals surface area contributed by atoms with E-state index in [1.807, 2.05) is 0 Å². The predicted octanol–water partition coefficient (Wildman–Crippen LogP) is 3.00. The Bertz CT molecular complexity index is 679. The lowest BCUT2D eigenvalue weighted by molar-refractivity contribution is -0.384. The molecule has 0 aromatic heterocycles. The van der Waals surface area contributed by atoms with Crippen LogP contribution in [-0.4, -0.2) is 24.5 Å². The maximum Gasteiger partial charge on any atom is 0.308 e. The molecule has 128 valence electrons. The van der Waals surface area contributed by atoms with Gasteiger partial charge in [-0.25, -0.2) is 4.39 Å². The van der Waals surface area contributed by atoms with Gasteiger partial charge in [0.15, 0.2) is 0 Å². The first-order valence-electron chi connectivity index (χ1n) is 7.66. The van der Waals surface area contributed by atoms with Crippen LogP contribution in [0.25, 0.3) is 0 Å². The van der Waals surface area contributed by atoms with Gasteiger partial charge in [-0.05, 0) is 37.7 Å². The third-order valence-corrected chi connectivity index (χ3v) is 4.36. The Morgan fingerprint density at radius 3 is 2.67 bits per heavy atom. The summed E-state index contributed by atoms with van der Waals surface area (Å²) in [6.07, 6.45) is 3.03. The minimum Gasteiger partial charge on any atom is -0.469 e. The van der Waals surface area contributed by atoms with Crippen molar-refractivity contribution in [1.82, 2.24) is 0 Å². The number of carbonyl (C=O) groups is 1. The van der Waals surface area contributed by atoms with Crippen LogP contribution in [0.1, 0.15) is 31.2 Å². The molecule has 1 aliphatic rings. The predicted molar refractivity (Wildman–Crippen MR) is 83.7 cm³/mol. The van der Waals surface area contributed by atoms with Gasteiger partial charge in [0, 0.05) is 6.54 Å². The number of nitriles is 1. The first-order chi connectivity index (χ1) is 11.5. The molecule has 1 saturated carbocycles. The maximum atomic E-state index is 13.5. The fourth-order valence-electron chi connectivity index (χ4n) is 2.96. The van der Waals surface area contributed by atoms with Gasteiger partial charge in [0.05, 0.1) is 29.6 Å². The summed E-state index contributed by atoms with van der Waals surface area (Å²) >= 11 is 0. The summed E-state index contributed by atoms with van der Waals surface area (Å²) in [4.78, 5) is 21.9. The fraction of sp³-hybridized carbons (Fsp3) is 0.500. The van der Waals surface area contributed by atoms with Crippen molar-refractivity contribution in [2.24, 2.45) is 11.8 Å². The molecule has 0 radical (unpaired) electrons. The molecule has 0 aliphatic heterocycles. The number of halogens is 1. The van der Waals surface area contributed by atoms with Crippen LogP contribution in [-0.2, 0) is 9.53 Å². The normalized spacial score (nSPS) is 20.0. The first-order valence-corrected chi connectivity index (χ1v) is 7.66. The number of anilines is 1. The Balaban J connectivity index is 2.01. The molecule has 0 heterocycles. The number of hydrogen-bond acceptors (Lipinski definition) is 6. The van der Waals surface area contributed by atoms with Crippen molar-refractivity contribution in [1.29, 1.82) is 5.26 Å². The lowest BCUT2D eigenvalue weighted by atomic mass is 9.82. The quantitative estimate of drug-likeness (QED) is 0.504. The summed E-state index contributed by atoms with van der Waals surface area (Å²) in [5.41, 5.74) is -0.500. The lowest BCUT2D eigenvalue weighted by Crippen LogP contribution is -2.26. The van der Waals surface area contributed by atoms with Crippen molar-refractivity contribution in [3.05, 3.63) is 33.6 Å². The summed E-state index contributed by atoms with van der Waals surface area (Å²) in [5, 5.41) is 22.9. The van der Waals surface area contributed by atoms with E-state index in [-0.39, 0.29) is 29.1 Å². The third kappa shape index (κ3) is 3.98.